The molecule has 1 atom stereocenters. The number of ether oxygens (including phenoxy) is 1. The summed E-state index contributed by atoms with van der Waals surface area (Å²) in [6.45, 7) is 3.80. The smallest absolute Gasteiger partial charge is 0.246 e. The van der Waals surface area contributed by atoms with Crippen LogP contribution in [0.1, 0.15) is 11.8 Å². The Balaban J connectivity index is 1.53. The van der Waals surface area contributed by atoms with Gasteiger partial charge >= 0.3 is 0 Å². The highest BCUT2D eigenvalue weighted by Gasteiger charge is 2.24. The summed E-state index contributed by atoms with van der Waals surface area (Å²) in [5, 5.41) is 22.1. The van der Waals surface area contributed by atoms with Crippen molar-refractivity contribution in [2.24, 2.45) is 0 Å². The van der Waals surface area contributed by atoms with E-state index in [0.29, 0.717) is 39.9 Å². The molecule has 0 saturated carbocycles. The molecule has 4 aromatic rings. The van der Waals surface area contributed by atoms with Crippen LogP contribution in [-0.4, -0.2) is 77.0 Å². The van der Waals surface area contributed by atoms with Crippen LogP contribution in [0.4, 0.5) is 21.8 Å². The van der Waals surface area contributed by atoms with E-state index in [9.17, 15) is 9.50 Å². The molecule has 1 aliphatic rings. The van der Waals surface area contributed by atoms with Crippen LogP contribution in [0.25, 0.3) is 16.8 Å². The van der Waals surface area contributed by atoms with Crippen LogP contribution in [0.2, 0.25) is 0 Å². The Labute approximate surface area is 208 Å². The highest BCUT2D eigenvalue weighted by molar-refractivity contribution is 5.76. The lowest BCUT2D eigenvalue weighted by Crippen LogP contribution is -2.43. The Hall–Kier alpha value is -3.80. The number of aliphatic hydroxyl groups is 1. The first kappa shape index (κ1) is 23.9. The average Bonchev–Trinajstić information content (AvgIpc) is 3.27. The number of aliphatic hydroxyl groups excluding tert-OH is 1. The number of aromatic nitrogens is 4. The second-order valence-corrected chi connectivity index (χ2v) is 8.81. The monoisotopic (exact) mass is 492 g/mol. The van der Waals surface area contributed by atoms with E-state index in [1.54, 1.807) is 35.8 Å². The molecule has 1 unspecified atom stereocenters. The summed E-state index contributed by atoms with van der Waals surface area (Å²) in [5.41, 5.74) is 3.50. The normalized spacial score (nSPS) is 14.9. The summed E-state index contributed by atoms with van der Waals surface area (Å²) >= 11 is 0. The third-order valence-corrected chi connectivity index (χ3v) is 6.20. The molecule has 0 bridgehead atoms. The van der Waals surface area contributed by atoms with Crippen molar-refractivity contribution in [1.29, 1.82) is 0 Å². The lowest BCUT2D eigenvalue weighted by Gasteiger charge is -2.29. The van der Waals surface area contributed by atoms with Crippen molar-refractivity contribution in [1.82, 2.24) is 29.8 Å². The molecule has 5 rings (SSSR count). The number of methoxy groups -OCH3 is 1. The number of nitrogens with zero attached hydrogens (tertiary/aromatic N) is 6. The molecule has 11 heteroatoms. The SMILES string of the molecule is COc1cc(F)ccc1-c1c(C(O)N(C)C)cc2cnc(Nc3ccc(N4CCNCC4)cn3)nn12. The molecule has 36 heavy (non-hydrogen) atoms. The largest absolute Gasteiger partial charge is 0.496 e. The van der Waals surface area contributed by atoms with Crippen LogP contribution in [0.5, 0.6) is 5.75 Å². The summed E-state index contributed by atoms with van der Waals surface area (Å²) in [7, 11) is 5.02. The lowest BCUT2D eigenvalue weighted by molar-refractivity contribution is 0.0401. The maximum Gasteiger partial charge on any atom is 0.246 e. The van der Waals surface area contributed by atoms with Gasteiger partial charge in [0.25, 0.3) is 0 Å². The number of nitrogens with one attached hydrogen (secondary N) is 2. The molecule has 0 spiro atoms. The van der Waals surface area contributed by atoms with E-state index in [1.165, 1.54) is 19.2 Å². The average molecular weight is 493 g/mol. The Morgan fingerprint density at radius 3 is 2.61 bits per heavy atom. The zero-order valence-corrected chi connectivity index (χ0v) is 20.4. The summed E-state index contributed by atoms with van der Waals surface area (Å²) in [6, 6.07) is 10.0. The molecule has 1 aromatic carbocycles. The molecule has 4 heterocycles. The van der Waals surface area contributed by atoms with Gasteiger partial charge in [-0.2, -0.15) is 0 Å². The van der Waals surface area contributed by atoms with Crippen molar-refractivity contribution >= 4 is 23.0 Å². The predicted octanol–water partition coefficient (Wildman–Crippen LogP) is 2.64. The lowest BCUT2D eigenvalue weighted by atomic mass is 10.1. The van der Waals surface area contributed by atoms with Gasteiger partial charge in [0, 0.05) is 43.4 Å². The van der Waals surface area contributed by atoms with Crippen LogP contribution in [0, 0.1) is 5.82 Å². The van der Waals surface area contributed by atoms with E-state index >= 15 is 0 Å². The second-order valence-electron chi connectivity index (χ2n) is 8.81. The third kappa shape index (κ3) is 4.68. The molecule has 3 aromatic heterocycles. The molecular weight excluding hydrogens is 463 g/mol. The van der Waals surface area contributed by atoms with Gasteiger partial charge in [-0.15, -0.1) is 5.10 Å². The Kier molecular flexibility index (Phi) is 6.68. The molecule has 0 amide bonds. The summed E-state index contributed by atoms with van der Waals surface area (Å²) < 4.78 is 21.1. The van der Waals surface area contributed by atoms with Crippen LogP contribution in [-0.2, 0) is 0 Å². The zero-order chi connectivity index (χ0) is 25.2. The first-order valence-corrected chi connectivity index (χ1v) is 11.7. The number of benzene rings is 1. The maximum absolute atomic E-state index is 13.9. The fourth-order valence-corrected chi connectivity index (χ4v) is 4.33. The fraction of sp³-hybridized carbons (Fsp3) is 0.320. The highest BCUT2D eigenvalue weighted by atomic mass is 19.1. The number of halogens is 1. The van der Waals surface area contributed by atoms with Gasteiger partial charge in [0.15, 0.2) is 0 Å². The second kappa shape index (κ2) is 10.1. The molecule has 1 aliphatic heterocycles. The number of fused-ring (bicyclic) bond motifs is 1. The van der Waals surface area contributed by atoms with Crippen LogP contribution in [0.3, 0.4) is 0 Å². The minimum absolute atomic E-state index is 0.328. The number of rotatable bonds is 7. The van der Waals surface area contributed by atoms with Gasteiger partial charge in [-0.25, -0.2) is 18.9 Å². The summed E-state index contributed by atoms with van der Waals surface area (Å²) in [4.78, 5) is 12.9. The molecule has 1 fully saturated rings. The molecule has 0 aliphatic carbocycles. The van der Waals surface area contributed by atoms with Gasteiger partial charge in [-0.05, 0) is 44.4 Å². The van der Waals surface area contributed by atoms with E-state index in [4.69, 9.17) is 4.74 Å². The van der Waals surface area contributed by atoms with Crippen LogP contribution >= 0.6 is 0 Å². The first-order valence-electron chi connectivity index (χ1n) is 11.7. The molecule has 188 valence electrons. The number of piperazine rings is 1. The van der Waals surface area contributed by atoms with Crippen molar-refractivity contribution in [2.45, 2.75) is 6.23 Å². The van der Waals surface area contributed by atoms with Gasteiger partial charge in [0.05, 0.1) is 36.4 Å². The topological polar surface area (TPSA) is 103 Å². The quantitative estimate of drug-likeness (QED) is 0.336. The van der Waals surface area contributed by atoms with E-state index in [2.05, 4.69) is 30.6 Å². The maximum atomic E-state index is 13.9. The Morgan fingerprint density at radius 1 is 1.11 bits per heavy atom. The molecule has 3 N–H and O–H groups in total. The Morgan fingerprint density at radius 2 is 1.92 bits per heavy atom. The molecule has 10 nitrogen and oxygen atoms in total. The van der Waals surface area contributed by atoms with Gasteiger partial charge < -0.3 is 25.4 Å². The van der Waals surface area contributed by atoms with Crippen molar-refractivity contribution < 1.29 is 14.2 Å². The van der Waals surface area contributed by atoms with Gasteiger partial charge in [-0.3, -0.25) is 4.90 Å². The predicted molar refractivity (Wildman–Crippen MR) is 136 cm³/mol. The Bertz CT molecular complexity index is 1350. The fourth-order valence-electron chi connectivity index (χ4n) is 4.33. The van der Waals surface area contributed by atoms with Gasteiger partial charge in [-0.1, -0.05) is 0 Å². The van der Waals surface area contributed by atoms with Crippen molar-refractivity contribution in [3.05, 3.63) is 60.2 Å². The van der Waals surface area contributed by atoms with E-state index in [0.717, 1.165) is 31.9 Å². The first-order chi connectivity index (χ1) is 17.4. The number of hydrogen-bond donors (Lipinski definition) is 3. The van der Waals surface area contributed by atoms with Gasteiger partial charge in [0.2, 0.25) is 5.95 Å². The van der Waals surface area contributed by atoms with E-state index in [-0.39, 0.29) is 0 Å². The third-order valence-electron chi connectivity index (χ3n) is 6.20. The van der Waals surface area contributed by atoms with E-state index in [1.807, 2.05) is 24.4 Å². The number of anilines is 3. The summed E-state index contributed by atoms with van der Waals surface area (Å²) in [5.74, 6) is 0.850. The van der Waals surface area contributed by atoms with Crippen molar-refractivity contribution in [2.75, 3.05) is 57.6 Å². The minimum Gasteiger partial charge on any atom is -0.496 e. The summed E-state index contributed by atoms with van der Waals surface area (Å²) in [6.07, 6.45) is 2.57. The molecular formula is C25H29FN8O2. The standard InChI is InChI=1S/C25H29FN8O2/c1-32(2)24(35)20-13-18-15-29-25(30-22-7-5-17(14-28-22)33-10-8-27-9-11-33)31-34(18)23(20)19-6-4-16(26)12-21(19)36-3/h4-7,12-15,24,27,35H,8-11H2,1-3H3,(H,28,30,31). The van der Waals surface area contributed by atoms with E-state index < -0.39 is 12.0 Å². The zero-order valence-electron chi connectivity index (χ0n) is 20.4. The number of pyridine rings is 1. The van der Waals surface area contributed by atoms with Crippen molar-refractivity contribution in [3.8, 4) is 17.0 Å². The van der Waals surface area contributed by atoms with Gasteiger partial charge in [0.1, 0.15) is 23.6 Å². The number of hydrogen-bond acceptors (Lipinski definition) is 9. The molecule has 1 saturated heterocycles. The van der Waals surface area contributed by atoms with Crippen molar-refractivity contribution in [3.63, 3.8) is 0 Å². The highest BCUT2D eigenvalue weighted by Crippen LogP contribution is 2.37. The van der Waals surface area contributed by atoms with Crippen LogP contribution in [0.15, 0.2) is 48.8 Å². The minimum atomic E-state index is -0.924. The molecule has 0 radical (unpaired) electrons. The van der Waals surface area contributed by atoms with Crippen LogP contribution < -0.4 is 20.3 Å².